The monoisotopic (exact) mass is 452 g/mol. The zero-order chi connectivity index (χ0) is 21.7. The Kier molecular flexibility index (Phi) is 6.05. The lowest BCUT2D eigenvalue weighted by atomic mass is 9.90. The lowest BCUT2D eigenvalue weighted by Crippen LogP contribution is -2.29. The van der Waals surface area contributed by atoms with Crippen molar-refractivity contribution in [1.82, 2.24) is 28.9 Å². The molecule has 0 bridgehead atoms. The summed E-state index contributed by atoms with van der Waals surface area (Å²) in [7, 11) is 2.16. The maximum atomic E-state index is 13.1. The first kappa shape index (κ1) is 22.4. The van der Waals surface area contributed by atoms with Crippen LogP contribution in [-0.2, 0) is 6.42 Å². The van der Waals surface area contributed by atoms with Gasteiger partial charge in [-0.05, 0) is 76.4 Å². The number of fused-ring (bicyclic) bond motifs is 2. The summed E-state index contributed by atoms with van der Waals surface area (Å²) in [6.45, 7) is 8.27. The van der Waals surface area contributed by atoms with Crippen molar-refractivity contribution in [2.75, 3.05) is 20.1 Å². The van der Waals surface area contributed by atoms with Gasteiger partial charge in [0, 0.05) is 12.3 Å². The number of nitrogens with zero attached hydrogens (tertiary/aromatic N) is 6. The van der Waals surface area contributed by atoms with Crippen LogP contribution < -0.4 is 5.56 Å². The van der Waals surface area contributed by atoms with Gasteiger partial charge in [0.25, 0.3) is 5.56 Å². The number of likely N-dealkylation sites (tertiary alicyclic amines) is 1. The molecular weight excluding hydrogens is 424 g/mol. The number of piperidine rings is 1. The summed E-state index contributed by atoms with van der Waals surface area (Å²) in [4.78, 5) is 24.9. The molecule has 4 aromatic rings. The van der Waals surface area contributed by atoms with Gasteiger partial charge in [-0.3, -0.25) is 14.2 Å². The van der Waals surface area contributed by atoms with Gasteiger partial charge in [-0.2, -0.15) is 5.10 Å². The van der Waals surface area contributed by atoms with Gasteiger partial charge in [-0.15, -0.1) is 12.4 Å². The largest absolute Gasteiger partial charge is 0.306 e. The van der Waals surface area contributed by atoms with E-state index in [0.717, 1.165) is 54.8 Å². The summed E-state index contributed by atoms with van der Waals surface area (Å²) in [5.41, 5.74) is 7.05. The minimum absolute atomic E-state index is 0. The van der Waals surface area contributed by atoms with Crippen molar-refractivity contribution < 1.29 is 0 Å². The molecule has 0 amide bonds. The standard InChI is InChI=1S/C24H28N6O.ClH/c1-5-19-22-11-21(27-30(22)13-16(3)25-19)20-12-23(31)29-14-18(10-15(2)24(29)26-20)17-6-8-28(4)9-7-17;/h10-14,17H,5-9H2,1-4H3;1H. The molecule has 0 N–H and O–H groups in total. The molecule has 7 nitrogen and oxygen atoms in total. The van der Waals surface area contributed by atoms with Crippen LogP contribution in [0.1, 0.15) is 48.2 Å². The highest BCUT2D eigenvalue weighted by molar-refractivity contribution is 5.85. The Bertz CT molecular complexity index is 1350. The average Bonchev–Trinajstić information content (AvgIpc) is 3.18. The first-order valence-electron chi connectivity index (χ1n) is 11.0. The topological polar surface area (TPSA) is 67.8 Å². The van der Waals surface area contributed by atoms with E-state index in [9.17, 15) is 4.79 Å². The van der Waals surface area contributed by atoms with E-state index < -0.39 is 0 Å². The van der Waals surface area contributed by atoms with Crippen LogP contribution >= 0.6 is 12.4 Å². The van der Waals surface area contributed by atoms with Crippen LogP contribution in [0.4, 0.5) is 0 Å². The van der Waals surface area contributed by atoms with Crippen LogP contribution in [0.15, 0.2) is 35.4 Å². The van der Waals surface area contributed by atoms with Crippen molar-refractivity contribution in [3.8, 4) is 11.4 Å². The minimum atomic E-state index is -0.0695. The van der Waals surface area contributed by atoms with Gasteiger partial charge in [-0.25, -0.2) is 9.50 Å². The van der Waals surface area contributed by atoms with Crippen molar-refractivity contribution in [1.29, 1.82) is 0 Å². The van der Waals surface area contributed by atoms with Gasteiger partial charge in [-0.1, -0.05) is 13.0 Å². The molecular formula is C24H29ClN6O. The van der Waals surface area contributed by atoms with Crippen molar-refractivity contribution in [3.05, 3.63) is 63.5 Å². The smallest absolute Gasteiger partial charge is 0.258 e. The Morgan fingerprint density at radius 1 is 1.03 bits per heavy atom. The fourth-order valence-corrected chi connectivity index (χ4v) is 4.66. The van der Waals surface area contributed by atoms with E-state index >= 15 is 0 Å². The van der Waals surface area contributed by atoms with E-state index in [0.29, 0.717) is 23.0 Å². The average molecular weight is 453 g/mol. The Balaban J connectivity index is 0.00000245. The van der Waals surface area contributed by atoms with Gasteiger partial charge in [0.2, 0.25) is 0 Å². The Hall–Kier alpha value is -2.77. The molecule has 0 aromatic carbocycles. The third-order valence-corrected chi connectivity index (χ3v) is 6.41. The fourth-order valence-electron chi connectivity index (χ4n) is 4.66. The molecule has 0 saturated carbocycles. The van der Waals surface area contributed by atoms with E-state index in [2.05, 4.69) is 35.0 Å². The van der Waals surface area contributed by atoms with Crippen molar-refractivity contribution in [3.63, 3.8) is 0 Å². The van der Waals surface area contributed by atoms with E-state index in [-0.39, 0.29) is 18.0 Å². The molecule has 8 heteroatoms. The second-order valence-corrected chi connectivity index (χ2v) is 8.75. The van der Waals surface area contributed by atoms with Gasteiger partial charge in [0.15, 0.2) is 0 Å². The predicted molar refractivity (Wildman–Crippen MR) is 129 cm³/mol. The second-order valence-electron chi connectivity index (χ2n) is 8.75. The van der Waals surface area contributed by atoms with Crippen LogP contribution in [0.5, 0.6) is 0 Å². The number of aryl methyl sites for hydroxylation is 3. The van der Waals surface area contributed by atoms with Gasteiger partial charge in [0.05, 0.1) is 28.8 Å². The molecule has 1 saturated heterocycles. The van der Waals surface area contributed by atoms with Crippen molar-refractivity contribution in [2.45, 2.75) is 46.0 Å². The molecule has 0 atom stereocenters. The summed E-state index contributed by atoms with van der Waals surface area (Å²) in [6, 6.07) is 5.78. The first-order valence-corrected chi connectivity index (χ1v) is 11.0. The van der Waals surface area contributed by atoms with E-state index in [1.807, 2.05) is 36.8 Å². The Morgan fingerprint density at radius 2 is 1.78 bits per heavy atom. The number of hydrogen-bond acceptors (Lipinski definition) is 5. The van der Waals surface area contributed by atoms with Crippen molar-refractivity contribution >= 4 is 23.6 Å². The molecule has 1 aliphatic rings. The number of hydrogen-bond donors (Lipinski definition) is 0. The molecule has 5 rings (SSSR count). The highest BCUT2D eigenvalue weighted by Crippen LogP contribution is 2.29. The molecule has 5 heterocycles. The van der Waals surface area contributed by atoms with Crippen LogP contribution in [0.3, 0.4) is 0 Å². The third kappa shape index (κ3) is 3.91. The Morgan fingerprint density at radius 3 is 2.50 bits per heavy atom. The van der Waals surface area contributed by atoms with Crippen LogP contribution in [0.2, 0.25) is 0 Å². The quantitative estimate of drug-likeness (QED) is 0.472. The second kappa shape index (κ2) is 8.64. The van der Waals surface area contributed by atoms with Gasteiger partial charge < -0.3 is 4.90 Å². The molecule has 168 valence electrons. The number of aromatic nitrogens is 5. The van der Waals surface area contributed by atoms with Crippen LogP contribution in [-0.4, -0.2) is 49.0 Å². The lowest BCUT2D eigenvalue weighted by molar-refractivity contribution is 0.255. The van der Waals surface area contributed by atoms with Crippen molar-refractivity contribution in [2.24, 2.45) is 0 Å². The lowest BCUT2D eigenvalue weighted by Gasteiger charge is -2.29. The minimum Gasteiger partial charge on any atom is -0.306 e. The summed E-state index contributed by atoms with van der Waals surface area (Å²) >= 11 is 0. The highest BCUT2D eigenvalue weighted by atomic mass is 35.5. The summed E-state index contributed by atoms with van der Waals surface area (Å²) in [6.07, 6.45) is 6.96. The summed E-state index contributed by atoms with van der Waals surface area (Å²) in [5, 5.41) is 4.69. The molecule has 0 aliphatic carbocycles. The van der Waals surface area contributed by atoms with Gasteiger partial charge >= 0.3 is 0 Å². The van der Waals surface area contributed by atoms with Crippen LogP contribution in [0, 0.1) is 13.8 Å². The summed E-state index contributed by atoms with van der Waals surface area (Å²) in [5.74, 6) is 0.493. The molecule has 1 fully saturated rings. The van der Waals surface area contributed by atoms with E-state index in [4.69, 9.17) is 4.98 Å². The molecule has 32 heavy (non-hydrogen) atoms. The number of rotatable bonds is 3. The SMILES string of the molecule is CCc1nc(C)cn2nc(-c3cc(=O)n4cc(C5CCN(C)CC5)cc(C)c4n3)cc12.Cl. The summed E-state index contributed by atoms with van der Waals surface area (Å²) < 4.78 is 3.54. The first-order chi connectivity index (χ1) is 14.9. The third-order valence-electron chi connectivity index (χ3n) is 6.41. The predicted octanol–water partition coefficient (Wildman–Crippen LogP) is 3.81. The fraction of sp³-hybridized carbons (Fsp3) is 0.417. The van der Waals surface area contributed by atoms with Gasteiger partial charge in [0.1, 0.15) is 11.3 Å². The zero-order valence-electron chi connectivity index (χ0n) is 19.0. The number of pyridine rings is 1. The van der Waals surface area contributed by atoms with E-state index in [1.165, 1.54) is 5.56 Å². The van der Waals surface area contributed by atoms with E-state index in [1.54, 1.807) is 10.5 Å². The normalized spacial score (nSPS) is 15.4. The number of halogens is 1. The Labute approximate surface area is 193 Å². The molecule has 0 unspecified atom stereocenters. The molecule has 1 aliphatic heterocycles. The maximum Gasteiger partial charge on any atom is 0.258 e. The molecule has 0 radical (unpaired) electrons. The van der Waals surface area contributed by atoms with Crippen LogP contribution in [0.25, 0.3) is 22.6 Å². The maximum absolute atomic E-state index is 13.1. The highest BCUT2D eigenvalue weighted by Gasteiger charge is 2.20. The molecule has 4 aromatic heterocycles. The molecule has 0 spiro atoms. The zero-order valence-corrected chi connectivity index (χ0v) is 19.8.